The number of H-pyrrole nitrogens is 1. The van der Waals surface area contributed by atoms with E-state index in [1.54, 1.807) is 26.0 Å². The molecule has 27 heavy (non-hydrogen) atoms. The minimum Gasteiger partial charge on any atom is -0.422 e. The van der Waals surface area contributed by atoms with Crippen LogP contribution < -0.4 is 0 Å². The molecule has 1 aromatic heterocycles. The Kier molecular flexibility index (Phi) is 4.19. The highest BCUT2D eigenvalue weighted by Crippen LogP contribution is 2.40. The third kappa shape index (κ3) is 3.19. The second-order valence-electron chi connectivity index (χ2n) is 7.04. The summed E-state index contributed by atoms with van der Waals surface area (Å²) < 4.78 is 10.7. The van der Waals surface area contributed by atoms with Gasteiger partial charge in [-0.15, -0.1) is 0 Å². The zero-order chi connectivity index (χ0) is 19.2. The summed E-state index contributed by atoms with van der Waals surface area (Å²) in [5.41, 5.74) is 2.53. The number of hydrogen-bond acceptors (Lipinski definition) is 4. The molecule has 2 heterocycles. The van der Waals surface area contributed by atoms with E-state index in [9.17, 15) is 9.59 Å². The first-order valence-corrected chi connectivity index (χ1v) is 9.01. The molecular formula is C21H18ClNO4. The monoisotopic (exact) mass is 383 g/mol. The minimum absolute atomic E-state index is 0.561. The molecule has 3 aromatic rings. The highest BCUT2D eigenvalue weighted by Gasteiger charge is 2.48. The Balaban J connectivity index is 1.88. The second-order valence-corrected chi connectivity index (χ2v) is 7.47. The summed E-state index contributed by atoms with van der Waals surface area (Å²) in [6.07, 6.45) is 1.82. The Morgan fingerprint density at radius 1 is 1.00 bits per heavy atom. The van der Waals surface area contributed by atoms with E-state index in [-0.39, 0.29) is 0 Å². The number of hydrogen-bond donors (Lipinski definition) is 1. The lowest BCUT2D eigenvalue weighted by Gasteiger charge is -2.36. The Labute approximate surface area is 161 Å². The molecule has 1 atom stereocenters. The second kappa shape index (κ2) is 6.43. The maximum atomic E-state index is 12.8. The molecule has 0 aliphatic carbocycles. The molecule has 0 amide bonds. The van der Waals surface area contributed by atoms with Crippen LogP contribution in [-0.2, 0) is 19.1 Å². The smallest absolute Gasteiger partial charge is 0.324 e. The molecule has 1 fully saturated rings. The Hall–Kier alpha value is -2.79. The predicted octanol–water partition coefficient (Wildman–Crippen LogP) is 4.41. The van der Waals surface area contributed by atoms with Crippen LogP contribution in [0.2, 0.25) is 5.02 Å². The quantitative estimate of drug-likeness (QED) is 0.537. The van der Waals surface area contributed by atoms with Gasteiger partial charge in [0.25, 0.3) is 5.79 Å². The number of esters is 2. The van der Waals surface area contributed by atoms with Crippen molar-refractivity contribution in [3.05, 3.63) is 70.9 Å². The number of aromatic amines is 1. The standard InChI is InChI=1S/C21H18ClNO4/c1-21(2)26-19(24)18(20(25)27-21)17(12-7-9-13(22)10-8-12)15-11-23-16-6-4-3-5-14(15)16/h3-11,17-18,23H,1-2H3/t17-/m0/s1. The molecular weight excluding hydrogens is 366 g/mol. The number of halogens is 1. The predicted molar refractivity (Wildman–Crippen MR) is 101 cm³/mol. The van der Waals surface area contributed by atoms with Crippen molar-refractivity contribution in [3.63, 3.8) is 0 Å². The molecule has 5 nitrogen and oxygen atoms in total. The summed E-state index contributed by atoms with van der Waals surface area (Å²) in [6.45, 7) is 3.09. The molecule has 138 valence electrons. The summed E-state index contributed by atoms with van der Waals surface area (Å²) >= 11 is 6.03. The number of carbonyl (C=O) groups is 2. The molecule has 0 spiro atoms. The van der Waals surface area contributed by atoms with Crippen molar-refractivity contribution >= 4 is 34.4 Å². The SMILES string of the molecule is CC1(C)OC(=O)C([C@@H](c2ccc(Cl)cc2)c2c[nH]c3ccccc23)C(=O)O1. The Morgan fingerprint density at radius 2 is 1.63 bits per heavy atom. The van der Waals surface area contributed by atoms with Gasteiger partial charge in [0, 0.05) is 41.9 Å². The molecule has 2 aromatic carbocycles. The number of ether oxygens (including phenoxy) is 2. The molecule has 1 saturated heterocycles. The number of rotatable bonds is 3. The van der Waals surface area contributed by atoms with Gasteiger partial charge < -0.3 is 14.5 Å². The average molecular weight is 384 g/mol. The van der Waals surface area contributed by atoms with Gasteiger partial charge in [-0.05, 0) is 29.3 Å². The molecule has 0 saturated carbocycles. The first kappa shape index (κ1) is 17.6. The van der Waals surface area contributed by atoms with E-state index in [1.807, 2.05) is 42.6 Å². The lowest BCUT2D eigenvalue weighted by molar-refractivity contribution is -0.240. The summed E-state index contributed by atoms with van der Waals surface area (Å²) in [4.78, 5) is 28.8. The van der Waals surface area contributed by atoms with Crippen LogP contribution in [0.5, 0.6) is 0 Å². The summed E-state index contributed by atoms with van der Waals surface area (Å²) in [6, 6.07) is 14.8. The van der Waals surface area contributed by atoms with Gasteiger partial charge in [0.2, 0.25) is 0 Å². The first-order valence-electron chi connectivity index (χ1n) is 8.63. The van der Waals surface area contributed by atoms with Crippen LogP contribution in [0.15, 0.2) is 54.7 Å². The zero-order valence-electron chi connectivity index (χ0n) is 14.9. The fourth-order valence-electron chi connectivity index (χ4n) is 3.57. The van der Waals surface area contributed by atoms with Crippen molar-refractivity contribution in [2.24, 2.45) is 5.92 Å². The average Bonchev–Trinajstić information content (AvgIpc) is 3.02. The molecule has 6 heteroatoms. The van der Waals surface area contributed by atoms with Gasteiger partial charge in [0.05, 0.1) is 0 Å². The van der Waals surface area contributed by atoms with Crippen molar-refractivity contribution in [1.82, 2.24) is 4.98 Å². The number of fused-ring (bicyclic) bond motifs is 1. The van der Waals surface area contributed by atoms with Crippen LogP contribution in [-0.4, -0.2) is 22.7 Å². The van der Waals surface area contributed by atoms with Crippen molar-refractivity contribution in [2.75, 3.05) is 0 Å². The van der Waals surface area contributed by atoms with Crippen LogP contribution in [0.1, 0.15) is 30.9 Å². The van der Waals surface area contributed by atoms with Crippen molar-refractivity contribution < 1.29 is 19.1 Å². The maximum absolute atomic E-state index is 12.8. The third-order valence-electron chi connectivity index (χ3n) is 4.72. The lowest BCUT2D eigenvalue weighted by atomic mass is 9.80. The number of carbonyl (C=O) groups excluding carboxylic acids is 2. The topological polar surface area (TPSA) is 68.4 Å². The van der Waals surface area contributed by atoms with Gasteiger partial charge in [-0.3, -0.25) is 9.59 Å². The molecule has 0 radical (unpaired) electrons. The normalized spacial score (nSPS) is 18.2. The van der Waals surface area contributed by atoms with Crippen molar-refractivity contribution in [2.45, 2.75) is 25.6 Å². The fraction of sp³-hybridized carbons (Fsp3) is 0.238. The number of aromatic nitrogens is 1. The van der Waals surface area contributed by atoms with E-state index in [0.717, 1.165) is 22.0 Å². The van der Waals surface area contributed by atoms with Gasteiger partial charge in [-0.25, -0.2) is 0 Å². The number of cyclic esters (lactones) is 2. The van der Waals surface area contributed by atoms with Crippen molar-refractivity contribution in [3.8, 4) is 0 Å². The zero-order valence-corrected chi connectivity index (χ0v) is 15.6. The van der Waals surface area contributed by atoms with Crippen LogP contribution in [0.4, 0.5) is 0 Å². The Bertz CT molecular complexity index is 1000. The maximum Gasteiger partial charge on any atom is 0.324 e. The van der Waals surface area contributed by atoms with Gasteiger partial charge in [-0.2, -0.15) is 0 Å². The number of para-hydroxylation sites is 1. The highest BCUT2D eigenvalue weighted by molar-refractivity contribution is 6.30. The summed E-state index contributed by atoms with van der Waals surface area (Å²) in [5, 5.41) is 1.51. The third-order valence-corrected chi connectivity index (χ3v) is 4.97. The molecule has 4 rings (SSSR count). The van der Waals surface area contributed by atoms with Crippen LogP contribution in [0.25, 0.3) is 10.9 Å². The molecule has 0 unspecified atom stereocenters. The van der Waals surface area contributed by atoms with E-state index < -0.39 is 29.6 Å². The highest BCUT2D eigenvalue weighted by atomic mass is 35.5. The molecule has 1 aliphatic heterocycles. The number of nitrogens with one attached hydrogen (secondary N) is 1. The van der Waals surface area contributed by atoms with Gasteiger partial charge in [0.1, 0.15) is 0 Å². The van der Waals surface area contributed by atoms with E-state index in [1.165, 1.54) is 0 Å². The minimum atomic E-state index is -1.27. The molecule has 0 bridgehead atoms. The lowest BCUT2D eigenvalue weighted by Crippen LogP contribution is -2.48. The van der Waals surface area contributed by atoms with E-state index in [0.29, 0.717) is 5.02 Å². The van der Waals surface area contributed by atoms with Crippen LogP contribution in [0.3, 0.4) is 0 Å². The van der Waals surface area contributed by atoms with E-state index in [2.05, 4.69) is 4.98 Å². The van der Waals surface area contributed by atoms with E-state index >= 15 is 0 Å². The number of benzene rings is 2. The van der Waals surface area contributed by atoms with E-state index in [4.69, 9.17) is 21.1 Å². The van der Waals surface area contributed by atoms with Crippen LogP contribution in [0, 0.1) is 5.92 Å². The van der Waals surface area contributed by atoms with Gasteiger partial charge in [-0.1, -0.05) is 41.9 Å². The summed E-state index contributed by atoms with van der Waals surface area (Å²) in [7, 11) is 0. The molecule has 1 aliphatic rings. The van der Waals surface area contributed by atoms with Gasteiger partial charge in [0.15, 0.2) is 5.92 Å². The first-order chi connectivity index (χ1) is 12.9. The Morgan fingerprint density at radius 3 is 2.30 bits per heavy atom. The fourth-order valence-corrected chi connectivity index (χ4v) is 3.70. The van der Waals surface area contributed by atoms with Gasteiger partial charge >= 0.3 is 11.9 Å². The largest absolute Gasteiger partial charge is 0.422 e. The molecule has 1 N–H and O–H groups in total. The summed E-state index contributed by atoms with van der Waals surface area (Å²) in [5.74, 6) is -4.12. The van der Waals surface area contributed by atoms with Crippen LogP contribution >= 0.6 is 11.6 Å². The van der Waals surface area contributed by atoms with Crippen molar-refractivity contribution in [1.29, 1.82) is 0 Å².